The van der Waals surface area contributed by atoms with Crippen LogP contribution in [0.4, 0.5) is 31.1 Å². The molecule has 11 nitrogen and oxygen atoms in total. The Morgan fingerprint density at radius 3 is 2.37 bits per heavy atom. The summed E-state index contributed by atoms with van der Waals surface area (Å²) in [7, 11) is 1.65. The summed E-state index contributed by atoms with van der Waals surface area (Å²) in [5.74, 6) is -2.69. The fourth-order valence-corrected chi connectivity index (χ4v) is 3.12. The van der Waals surface area contributed by atoms with E-state index in [2.05, 4.69) is 19.0 Å². The van der Waals surface area contributed by atoms with Crippen molar-refractivity contribution < 1.29 is 69.7 Å². The molecule has 2 rings (SSSR count). The molecule has 0 aromatic heterocycles. The van der Waals surface area contributed by atoms with Gasteiger partial charge in [0.25, 0.3) is 0 Å². The van der Waals surface area contributed by atoms with Gasteiger partial charge >= 0.3 is 24.7 Å². The molecule has 1 unspecified atom stereocenters. The summed E-state index contributed by atoms with van der Waals surface area (Å²) < 4.78 is 102. The molecule has 1 heterocycles. The smallest absolute Gasteiger partial charge is 0.475 e. The minimum Gasteiger partial charge on any atom is -0.475 e. The van der Waals surface area contributed by atoms with Crippen molar-refractivity contribution in [2.45, 2.75) is 32.0 Å². The fourth-order valence-electron chi connectivity index (χ4n) is 3.12. The van der Waals surface area contributed by atoms with E-state index >= 15 is 0 Å². The molecule has 1 aliphatic heterocycles. The first-order chi connectivity index (χ1) is 17.7. The van der Waals surface area contributed by atoms with Crippen molar-refractivity contribution in [1.29, 1.82) is 0 Å². The van der Waals surface area contributed by atoms with Crippen molar-refractivity contribution in [3.63, 3.8) is 0 Å². The molecule has 214 valence electrons. The molecule has 1 atom stereocenters. The number of carbonyl (C=O) groups is 2. The number of halogens is 6. The SMILES string of the molecule is CCc1cc(OC(F)(F)F)cc2c1OC(C(F)(F)F)C(C(=O)OCOC(=O)OCCN(C)CCONO)=C2. The normalized spacial score (nSPS) is 15.3. The van der Waals surface area contributed by atoms with Gasteiger partial charge in [0.05, 0.1) is 12.2 Å². The fraction of sp³-hybridized carbons (Fsp3) is 0.524. The van der Waals surface area contributed by atoms with Gasteiger partial charge in [0.2, 0.25) is 12.9 Å². The van der Waals surface area contributed by atoms with Crippen LogP contribution in [0, 0.1) is 0 Å². The highest BCUT2D eigenvalue weighted by Gasteiger charge is 2.49. The van der Waals surface area contributed by atoms with Gasteiger partial charge in [0, 0.05) is 18.7 Å². The van der Waals surface area contributed by atoms with E-state index in [1.54, 1.807) is 11.9 Å². The topological polar surface area (TPSA) is 125 Å². The molecular formula is C21H24F6N2O9. The highest BCUT2D eigenvalue weighted by atomic mass is 19.4. The first-order valence-corrected chi connectivity index (χ1v) is 10.8. The Balaban J connectivity index is 2.05. The number of alkyl halides is 6. The van der Waals surface area contributed by atoms with Crippen LogP contribution in [0.3, 0.4) is 0 Å². The van der Waals surface area contributed by atoms with Crippen LogP contribution in [-0.4, -0.2) is 81.0 Å². The minimum atomic E-state index is -5.10. The van der Waals surface area contributed by atoms with Crippen LogP contribution in [0.5, 0.6) is 11.5 Å². The number of fused-ring (bicyclic) bond motifs is 1. The number of benzene rings is 1. The van der Waals surface area contributed by atoms with Crippen LogP contribution in [-0.2, 0) is 30.3 Å². The van der Waals surface area contributed by atoms with Crippen LogP contribution < -0.4 is 15.1 Å². The predicted octanol–water partition coefficient (Wildman–Crippen LogP) is 3.35. The molecule has 17 heteroatoms. The number of aryl methyl sites for hydroxylation is 1. The van der Waals surface area contributed by atoms with Gasteiger partial charge in [-0.05, 0) is 37.2 Å². The highest BCUT2D eigenvalue weighted by Crippen LogP contribution is 2.42. The van der Waals surface area contributed by atoms with Gasteiger partial charge in [-0.3, -0.25) is 10.0 Å². The maximum atomic E-state index is 13.7. The van der Waals surface area contributed by atoms with Crippen LogP contribution in [0.1, 0.15) is 18.1 Å². The van der Waals surface area contributed by atoms with E-state index in [0.717, 1.165) is 12.1 Å². The standard InChI is InChI=1S/C21H24F6N2O9/c1-3-12-8-14(38-21(25,26)27)9-13-10-15(17(20(22,23)24)37-16(12)13)18(30)34-11-35-19(31)33-6-4-29(2)5-7-36-28-32/h8-10,17,28,32H,3-7,11H2,1-2H3. The summed E-state index contributed by atoms with van der Waals surface area (Å²) in [6.45, 7) is 0.894. The summed E-state index contributed by atoms with van der Waals surface area (Å²) in [5.41, 5.74) is 0.105. The molecule has 1 aromatic carbocycles. The van der Waals surface area contributed by atoms with E-state index in [1.165, 1.54) is 12.6 Å². The Morgan fingerprint density at radius 2 is 1.76 bits per heavy atom. The summed E-state index contributed by atoms with van der Waals surface area (Å²) in [6.07, 6.45) is -13.6. The third-order valence-corrected chi connectivity index (χ3v) is 4.84. The molecule has 0 aliphatic carbocycles. The zero-order valence-corrected chi connectivity index (χ0v) is 20.0. The maximum Gasteiger partial charge on any atom is 0.573 e. The zero-order chi connectivity index (χ0) is 28.5. The molecule has 1 aliphatic rings. The first-order valence-electron chi connectivity index (χ1n) is 10.8. The third kappa shape index (κ3) is 9.55. The molecule has 0 bridgehead atoms. The monoisotopic (exact) mass is 562 g/mol. The summed E-state index contributed by atoms with van der Waals surface area (Å²) in [5, 5.41) is 8.28. The zero-order valence-electron chi connectivity index (χ0n) is 20.0. The molecular weight excluding hydrogens is 538 g/mol. The van der Waals surface area contributed by atoms with Gasteiger partial charge in [-0.1, -0.05) is 12.6 Å². The molecule has 0 amide bonds. The van der Waals surface area contributed by atoms with Crippen molar-refractivity contribution >= 4 is 18.2 Å². The van der Waals surface area contributed by atoms with Crippen LogP contribution in [0.2, 0.25) is 0 Å². The summed E-state index contributed by atoms with van der Waals surface area (Å²) in [6, 6.07) is 1.65. The third-order valence-electron chi connectivity index (χ3n) is 4.84. The van der Waals surface area contributed by atoms with Crippen molar-refractivity contribution in [1.82, 2.24) is 10.5 Å². The van der Waals surface area contributed by atoms with Gasteiger partial charge in [0.15, 0.2) is 0 Å². The molecule has 0 saturated carbocycles. The number of likely N-dealkylation sites (N-methyl/N-ethyl adjacent to an activating group) is 1. The predicted molar refractivity (Wildman–Crippen MR) is 113 cm³/mol. The van der Waals surface area contributed by atoms with Gasteiger partial charge in [-0.25, -0.2) is 9.59 Å². The molecule has 1 aromatic rings. The molecule has 0 saturated heterocycles. The Morgan fingerprint density at radius 1 is 1.08 bits per heavy atom. The lowest BCUT2D eigenvalue weighted by Gasteiger charge is -2.29. The summed E-state index contributed by atoms with van der Waals surface area (Å²) >= 11 is 0. The van der Waals surface area contributed by atoms with E-state index in [4.69, 9.17) is 14.7 Å². The number of nitrogens with zero attached hydrogens (tertiary/aromatic N) is 1. The van der Waals surface area contributed by atoms with Crippen LogP contribution in [0.25, 0.3) is 6.08 Å². The van der Waals surface area contributed by atoms with Crippen molar-refractivity contribution in [2.24, 2.45) is 0 Å². The average Bonchev–Trinajstić information content (AvgIpc) is 2.81. The molecule has 2 N–H and O–H groups in total. The lowest BCUT2D eigenvalue weighted by Crippen LogP contribution is -2.41. The first kappa shape index (κ1) is 30.9. The van der Waals surface area contributed by atoms with Crippen LogP contribution in [0.15, 0.2) is 17.7 Å². The second kappa shape index (κ2) is 13.5. The minimum absolute atomic E-state index is 0.00498. The van der Waals surface area contributed by atoms with Crippen LogP contribution >= 0.6 is 0 Å². The number of carbonyl (C=O) groups excluding carboxylic acids is 2. The number of hydrogen-bond acceptors (Lipinski definition) is 11. The molecule has 38 heavy (non-hydrogen) atoms. The Kier molecular flexibility index (Phi) is 11.0. The lowest BCUT2D eigenvalue weighted by molar-refractivity contribution is -0.274. The van der Waals surface area contributed by atoms with Crippen molar-refractivity contribution in [3.8, 4) is 11.5 Å². The second-order valence-corrected chi connectivity index (χ2v) is 7.58. The molecule has 0 radical (unpaired) electrons. The largest absolute Gasteiger partial charge is 0.573 e. The quantitative estimate of drug-likeness (QED) is 0.128. The van der Waals surface area contributed by atoms with E-state index in [1.807, 2.05) is 0 Å². The number of rotatable bonds is 12. The van der Waals surface area contributed by atoms with Crippen molar-refractivity contribution in [2.75, 3.05) is 40.1 Å². The van der Waals surface area contributed by atoms with Gasteiger partial charge in [-0.2, -0.15) is 13.2 Å². The van der Waals surface area contributed by atoms with E-state index < -0.39 is 48.9 Å². The Bertz CT molecular complexity index is 1000. The number of nitrogens with one attached hydrogen (secondary N) is 1. The average molecular weight is 562 g/mol. The second-order valence-electron chi connectivity index (χ2n) is 7.58. The molecule has 0 fully saturated rings. The van der Waals surface area contributed by atoms with Gasteiger partial charge in [0.1, 0.15) is 18.1 Å². The van der Waals surface area contributed by atoms with Gasteiger partial charge < -0.3 is 28.6 Å². The number of ether oxygens (including phenoxy) is 5. The van der Waals surface area contributed by atoms with E-state index in [-0.39, 0.29) is 43.1 Å². The van der Waals surface area contributed by atoms with E-state index in [9.17, 15) is 35.9 Å². The highest BCUT2D eigenvalue weighted by molar-refractivity contribution is 5.96. The van der Waals surface area contributed by atoms with E-state index in [0.29, 0.717) is 12.6 Å². The van der Waals surface area contributed by atoms with Crippen molar-refractivity contribution in [3.05, 3.63) is 28.8 Å². The number of esters is 1. The Labute approximate surface area is 211 Å². The Hall–Kier alpha value is -3.28. The summed E-state index contributed by atoms with van der Waals surface area (Å²) in [4.78, 5) is 30.1. The molecule has 0 spiro atoms. The van der Waals surface area contributed by atoms with Gasteiger partial charge in [-0.15, -0.1) is 13.2 Å². The lowest BCUT2D eigenvalue weighted by atomic mass is 9.97. The maximum absolute atomic E-state index is 13.7. The number of hydrogen-bond donors (Lipinski definition) is 2.